The van der Waals surface area contributed by atoms with Crippen LogP contribution in [0.4, 0.5) is 0 Å². The van der Waals surface area contributed by atoms with Crippen molar-refractivity contribution < 1.29 is 4.79 Å². The van der Waals surface area contributed by atoms with E-state index in [-0.39, 0.29) is 17.2 Å². The lowest BCUT2D eigenvalue weighted by Gasteiger charge is -2.11. The summed E-state index contributed by atoms with van der Waals surface area (Å²) < 4.78 is 0. The van der Waals surface area contributed by atoms with E-state index in [4.69, 9.17) is 6.42 Å². The van der Waals surface area contributed by atoms with Crippen molar-refractivity contribution in [1.82, 2.24) is 4.90 Å². The predicted molar refractivity (Wildman–Crippen MR) is 37.0 cm³/mol. The van der Waals surface area contributed by atoms with Crippen molar-refractivity contribution in [3.05, 3.63) is 0 Å². The molecule has 1 saturated heterocycles. The molecule has 2 atom stereocenters. The molecule has 2 aliphatic rings. The van der Waals surface area contributed by atoms with Gasteiger partial charge in [0.2, 0.25) is 5.91 Å². The first kappa shape index (κ1) is 5.79. The molecule has 1 heterocycles. The Bertz CT molecular complexity index is 240. The average molecular weight is 135 g/mol. The largest absolute Gasteiger partial charge is 0.344 e. The number of nitrogens with zero attached hydrogens (tertiary/aromatic N) is 1. The van der Waals surface area contributed by atoms with Crippen molar-refractivity contribution in [2.75, 3.05) is 13.6 Å². The zero-order chi connectivity index (χ0) is 7.35. The standard InChI is InChI=1S/C8H9NO/c1-3-8-4-6(8)7(10)9(2)5-8/h1,6H,4-5H2,2H3. The quantitative estimate of drug-likeness (QED) is 0.431. The van der Waals surface area contributed by atoms with Gasteiger partial charge in [0.15, 0.2) is 0 Å². The summed E-state index contributed by atoms with van der Waals surface area (Å²) in [6.45, 7) is 0.771. The number of likely N-dealkylation sites (tertiary alicyclic amines) is 1. The van der Waals surface area contributed by atoms with Crippen molar-refractivity contribution in [2.24, 2.45) is 11.3 Å². The summed E-state index contributed by atoms with van der Waals surface area (Å²) in [6, 6.07) is 0. The van der Waals surface area contributed by atoms with Gasteiger partial charge in [-0.3, -0.25) is 4.79 Å². The molecule has 1 aliphatic carbocycles. The highest BCUT2D eigenvalue weighted by atomic mass is 16.2. The molecule has 2 unspecified atom stereocenters. The molecular weight excluding hydrogens is 126 g/mol. The monoisotopic (exact) mass is 135 g/mol. The number of rotatable bonds is 0. The highest BCUT2D eigenvalue weighted by Crippen LogP contribution is 2.57. The van der Waals surface area contributed by atoms with E-state index in [1.54, 1.807) is 4.90 Å². The molecule has 0 aromatic rings. The Hall–Kier alpha value is -0.970. The van der Waals surface area contributed by atoms with E-state index in [0.717, 1.165) is 13.0 Å². The minimum absolute atomic E-state index is 0.0498. The summed E-state index contributed by atoms with van der Waals surface area (Å²) in [7, 11) is 1.81. The summed E-state index contributed by atoms with van der Waals surface area (Å²) in [5.74, 6) is 3.12. The zero-order valence-electron chi connectivity index (χ0n) is 5.92. The topological polar surface area (TPSA) is 20.3 Å². The van der Waals surface area contributed by atoms with Crippen LogP contribution in [0.3, 0.4) is 0 Å². The van der Waals surface area contributed by atoms with Crippen molar-refractivity contribution in [3.8, 4) is 12.3 Å². The maximum atomic E-state index is 11.1. The SMILES string of the molecule is C#CC12CC1C(=O)N(C)C2. The van der Waals surface area contributed by atoms with Crippen LogP contribution in [0.1, 0.15) is 6.42 Å². The number of piperidine rings is 1. The summed E-state index contributed by atoms with van der Waals surface area (Å²) in [4.78, 5) is 12.9. The molecule has 0 spiro atoms. The molecule has 0 bridgehead atoms. The molecule has 0 aromatic heterocycles. The first-order valence-electron chi connectivity index (χ1n) is 3.42. The van der Waals surface area contributed by atoms with Crippen LogP contribution in [-0.2, 0) is 4.79 Å². The molecular formula is C8H9NO. The van der Waals surface area contributed by atoms with E-state index in [1.807, 2.05) is 7.05 Å². The molecule has 1 aliphatic heterocycles. The average Bonchev–Trinajstić information content (AvgIpc) is 2.57. The van der Waals surface area contributed by atoms with Gasteiger partial charge in [0.25, 0.3) is 0 Å². The Balaban J connectivity index is 2.28. The van der Waals surface area contributed by atoms with Crippen LogP contribution < -0.4 is 0 Å². The normalized spacial score (nSPS) is 43.0. The number of carbonyl (C=O) groups excluding carboxylic acids is 1. The van der Waals surface area contributed by atoms with Crippen LogP contribution in [-0.4, -0.2) is 24.4 Å². The van der Waals surface area contributed by atoms with Crippen LogP contribution >= 0.6 is 0 Å². The number of amides is 1. The van der Waals surface area contributed by atoms with Crippen molar-refractivity contribution in [3.63, 3.8) is 0 Å². The van der Waals surface area contributed by atoms with E-state index in [0.29, 0.717) is 0 Å². The summed E-state index contributed by atoms with van der Waals surface area (Å²) >= 11 is 0. The summed E-state index contributed by atoms with van der Waals surface area (Å²) in [5.41, 5.74) is -0.0498. The Morgan fingerprint density at radius 2 is 2.60 bits per heavy atom. The zero-order valence-corrected chi connectivity index (χ0v) is 5.92. The molecule has 0 radical (unpaired) electrons. The second-order valence-electron chi connectivity index (χ2n) is 3.25. The molecule has 2 nitrogen and oxygen atoms in total. The molecule has 1 saturated carbocycles. The maximum Gasteiger partial charge on any atom is 0.227 e. The van der Waals surface area contributed by atoms with Crippen LogP contribution in [0, 0.1) is 23.7 Å². The summed E-state index contributed by atoms with van der Waals surface area (Å²) in [6.07, 6.45) is 6.23. The van der Waals surface area contributed by atoms with Gasteiger partial charge < -0.3 is 4.90 Å². The predicted octanol–water partition coefficient (Wildman–Crippen LogP) is 0.0979. The molecule has 0 N–H and O–H groups in total. The van der Waals surface area contributed by atoms with Gasteiger partial charge in [0.1, 0.15) is 0 Å². The maximum absolute atomic E-state index is 11.1. The fraction of sp³-hybridized carbons (Fsp3) is 0.625. The first-order chi connectivity index (χ1) is 4.69. The van der Waals surface area contributed by atoms with E-state index >= 15 is 0 Å². The van der Waals surface area contributed by atoms with Crippen molar-refractivity contribution in [1.29, 1.82) is 0 Å². The smallest absolute Gasteiger partial charge is 0.227 e. The van der Waals surface area contributed by atoms with Gasteiger partial charge in [-0.15, -0.1) is 6.42 Å². The number of fused-ring (bicyclic) bond motifs is 1. The Morgan fingerprint density at radius 1 is 1.90 bits per heavy atom. The van der Waals surface area contributed by atoms with Gasteiger partial charge in [-0.25, -0.2) is 0 Å². The number of carbonyl (C=O) groups is 1. The third kappa shape index (κ3) is 0.443. The lowest BCUT2D eigenvalue weighted by Crippen LogP contribution is -2.24. The van der Waals surface area contributed by atoms with Gasteiger partial charge in [0.05, 0.1) is 11.3 Å². The van der Waals surface area contributed by atoms with Crippen molar-refractivity contribution in [2.45, 2.75) is 6.42 Å². The number of terminal acetylenes is 1. The van der Waals surface area contributed by atoms with Crippen LogP contribution in [0.2, 0.25) is 0 Å². The third-order valence-electron chi connectivity index (χ3n) is 2.56. The van der Waals surface area contributed by atoms with Gasteiger partial charge in [-0.1, -0.05) is 5.92 Å². The second-order valence-corrected chi connectivity index (χ2v) is 3.25. The fourth-order valence-corrected chi connectivity index (χ4v) is 1.78. The van der Waals surface area contributed by atoms with Gasteiger partial charge in [-0.2, -0.15) is 0 Å². The summed E-state index contributed by atoms with van der Waals surface area (Å²) in [5, 5.41) is 0. The molecule has 52 valence electrons. The second kappa shape index (κ2) is 1.37. The van der Waals surface area contributed by atoms with Crippen LogP contribution in [0.25, 0.3) is 0 Å². The number of hydrogen-bond donors (Lipinski definition) is 0. The fourth-order valence-electron chi connectivity index (χ4n) is 1.78. The van der Waals surface area contributed by atoms with Gasteiger partial charge in [-0.05, 0) is 6.42 Å². The van der Waals surface area contributed by atoms with Gasteiger partial charge in [0, 0.05) is 13.6 Å². The Morgan fingerprint density at radius 3 is 2.90 bits per heavy atom. The minimum atomic E-state index is -0.0498. The molecule has 10 heavy (non-hydrogen) atoms. The van der Waals surface area contributed by atoms with E-state index in [1.165, 1.54) is 0 Å². The molecule has 2 rings (SSSR count). The molecule has 2 fully saturated rings. The molecule has 0 aromatic carbocycles. The third-order valence-corrected chi connectivity index (χ3v) is 2.56. The number of hydrogen-bond acceptors (Lipinski definition) is 1. The highest BCUT2D eigenvalue weighted by molar-refractivity contribution is 5.86. The van der Waals surface area contributed by atoms with Crippen molar-refractivity contribution >= 4 is 5.91 Å². The minimum Gasteiger partial charge on any atom is -0.344 e. The van der Waals surface area contributed by atoms with Crippen LogP contribution in [0.15, 0.2) is 0 Å². The van der Waals surface area contributed by atoms with E-state index in [2.05, 4.69) is 5.92 Å². The molecule has 1 amide bonds. The highest BCUT2D eigenvalue weighted by Gasteiger charge is 2.63. The lowest BCUT2D eigenvalue weighted by atomic mass is 10.1. The van der Waals surface area contributed by atoms with E-state index in [9.17, 15) is 4.79 Å². The Labute approximate surface area is 60.2 Å². The van der Waals surface area contributed by atoms with E-state index < -0.39 is 0 Å². The lowest BCUT2D eigenvalue weighted by molar-refractivity contribution is -0.128. The van der Waals surface area contributed by atoms with Crippen LogP contribution in [0.5, 0.6) is 0 Å². The first-order valence-corrected chi connectivity index (χ1v) is 3.42. The molecule has 2 heteroatoms. The Kier molecular flexibility index (Phi) is 0.792. The van der Waals surface area contributed by atoms with Gasteiger partial charge >= 0.3 is 0 Å².